The SMILES string of the molecule is Cc1nc(CNc2nn(C)c(=O)n(C)c2=O)cs1. The predicted molar refractivity (Wildman–Crippen MR) is 68.9 cm³/mol. The van der Waals surface area contributed by atoms with Crippen molar-refractivity contribution in [3.8, 4) is 0 Å². The molecule has 0 aromatic carbocycles. The Labute approximate surface area is 107 Å². The Morgan fingerprint density at radius 2 is 2.11 bits per heavy atom. The molecule has 0 atom stereocenters. The third kappa shape index (κ3) is 2.33. The molecule has 0 aliphatic heterocycles. The molecule has 0 amide bonds. The summed E-state index contributed by atoms with van der Waals surface area (Å²) in [5.74, 6) is 0.144. The van der Waals surface area contributed by atoms with Gasteiger partial charge in [0, 0.05) is 19.5 Å². The lowest BCUT2D eigenvalue weighted by Gasteiger charge is -2.06. The number of nitrogens with one attached hydrogen (secondary N) is 1. The molecule has 0 aliphatic rings. The van der Waals surface area contributed by atoms with Crippen LogP contribution in [0.2, 0.25) is 0 Å². The highest BCUT2D eigenvalue weighted by Crippen LogP contribution is 2.08. The van der Waals surface area contributed by atoms with Crippen LogP contribution in [-0.4, -0.2) is 19.3 Å². The molecule has 2 aromatic heterocycles. The summed E-state index contributed by atoms with van der Waals surface area (Å²) in [5, 5.41) is 9.66. The highest BCUT2D eigenvalue weighted by atomic mass is 32.1. The lowest BCUT2D eigenvalue weighted by molar-refractivity contribution is 0.604. The minimum atomic E-state index is -0.449. The fourth-order valence-electron chi connectivity index (χ4n) is 1.47. The Kier molecular flexibility index (Phi) is 3.28. The van der Waals surface area contributed by atoms with Gasteiger partial charge < -0.3 is 5.32 Å². The molecule has 0 fully saturated rings. The van der Waals surface area contributed by atoms with Gasteiger partial charge >= 0.3 is 5.69 Å². The zero-order valence-electron chi connectivity index (χ0n) is 10.3. The number of rotatable bonds is 3. The highest BCUT2D eigenvalue weighted by molar-refractivity contribution is 7.09. The van der Waals surface area contributed by atoms with E-state index in [0.29, 0.717) is 6.54 Å². The van der Waals surface area contributed by atoms with Crippen LogP contribution in [0.15, 0.2) is 15.0 Å². The second kappa shape index (κ2) is 4.73. The van der Waals surface area contributed by atoms with Crippen LogP contribution in [-0.2, 0) is 20.6 Å². The molecule has 8 heteroatoms. The van der Waals surface area contributed by atoms with E-state index in [9.17, 15) is 9.59 Å². The number of nitrogens with zero attached hydrogens (tertiary/aromatic N) is 4. The predicted octanol–water partition coefficient (Wildman–Crippen LogP) is -0.144. The van der Waals surface area contributed by atoms with Gasteiger partial charge in [-0.25, -0.2) is 14.5 Å². The molecule has 0 saturated heterocycles. The normalized spacial score (nSPS) is 10.6. The van der Waals surface area contributed by atoms with Crippen LogP contribution in [0.3, 0.4) is 0 Å². The molecule has 18 heavy (non-hydrogen) atoms. The van der Waals surface area contributed by atoms with Gasteiger partial charge in [0.2, 0.25) is 5.82 Å². The molecule has 96 valence electrons. The third-order valence-corrected chi connectivity index (χ3v) is 3.25. The van der Waals surface area contributed by atoms with Crippen LogP contribution in [0.4, 0.5) is 5.82 Å². The Bertz CT molecular complexity index is 684. The van der Waals surface area contributed by atoms with Gasteiger partial charge in [0.05, 0.1) is 17.2 Å². The van der Waals surface area contributed by atoms with Gasteiger partial charge in [-0.15, -0.1) is 16.4 Å². The van der Waals surface area contributed by atoms with Crippen molar-refractivity contribution in [2.75, 3.05) is 5.32 Å². The minimum Gasteiger partial charge on any atom is -0.358 e. The average Bonchev–Trinajstić information content (AvgIpc) is 2.75. The zero-order chi connectivity index (χ0) is 13.3. The molecule has 0 spiro atoms. The lowest BCUT2D eigenvalue weighted by atomic mass is 10.5. The summed E-state index contributed by atoms with van der Waals surface area (Å²) >= 11 is 1.54. The summed E-state index contributed by atoms with van der Waals surface area (Å²) in [6, 6.07) is 0. The monoisotopic (exact) mass is 267 g/mol. The summed E-state index contributed by atoms with van der Waals surface area (Å²) in [7, 11) is 2.92. The molecule has 0 aliphatic carbocycles. The van der Waals surface area contributed by atoms with E-state index in [0.717, 1.165) is 20.0 Å². The van der Waals surface area contributed by atoms with E-state index in [4.69, 9.17) is 0 Å². The van der Waals surface area contributed by atoms with Gasteiger partial charge in [-0.1, -0.05) is 0 Å². The van der Waals surface area contributed by atoms with E-state index in [1.54, 1.807) is 11.3 Å². The maximum atomic E-state index is 11.8. The van der Waals surface area contributed by atoms with E-state index in [-0.39, 0.29) is 5.82 Å². The van der Waals surface area contributed by atoms with Crippen LogP contribution in [0.1, 0.15) is 10.7 Å². The second-order valence-electron chi connectivity index (χ2n) is 3.83. The van der Waals surface area contributed by atoms with Gasteiger partial charge in [-0.05, 0) is 6.92 Å². The Morgan fingerprint density at radius 1 is 1.39 bits per heavy atom. The van der Waals surface area contributed by atoms with E-state index in [1.807, 2.05) is 12.3 Å². The van der Waals surface area contributed by atoms with Crippen molar-refractivity contribution in [3.05, 3.63) is 36.9 Å². The standard InChI is InChI=1S/C10H13N5O2S/c1-6-12-7(5-18-6)4-11-8-9(16)14(2)10(17)15(3)13-8/h5H,4H2,1-3H3,(H,11,13). The van der Waals surface area contributed by atoms with E-state index in [1.165, 1.54) is 14.1 Å². The maximum Gasteiger partial charge on any atom is 0.346 e. The molecule has 0 bridgehead atoms. The maximum absolute atomic E-state index is 11.8. The van der Waals surface area contributed by atoms with Crippen LogP contribution < -0.4 is 16.6 Å². The third-order valence-electron chi connectivity index (χ3n) is 2.42. The molecule has 0 radical (unpaired) electrons. The summed E-state index contributed by atoms with van der Waals surface area (Å²) in [5.41, 5.74) is -0.0460. The highest BCUT2D eigenvalue weighted by Gasteiger charge is 2.08. The number of aryl methyl sites for hydroxylation is 2. The number of hydrogen-bond donors (Lipinski definition) is 1. The first-order chi connectivity index (χ1) is 8.49. The number of hydrogen-bond acceptors (Lipinski definition) is 6. The Hall–Kier alpha value is -1.96. The first-order valence-electron chi connectivity index (χ1n) is 5.28. The van der Waals surface area contributed by atoms with Crippen molar-refractivity contribution in [2.45, 2.75) is 13.5 Å². The lowest BCUT2D eigenvalue weighted by Crippen LogP contribution is -2.39. The molecule has 2 rings (SSSR count). The fraction of sp³-hybridized carbons (Fsp3) is 0.400. The topological polar surface area (TPSA) is 81.8 Å². The van der Waals surface area contributed by atoms with Gasteiger partial charge in [0.1, 0.15) is 0 Å². The van der Waals surface area contributed by atoms with Crippen molar-refractivity contribution >= 4 is 17.2 Å². The van der Waals surface area contributed by atoms with Gasteiger partial charge in [0.15, 0.2) is 0 Å². The quantitative estimate of drug-likeness (QED) is 0.836. The van der Waals surface area contributed by atoms with Crippen molar-refractivity contribution in [3.63, 3.8) is 0 Å². The fourth-order valence-corrected chi connectivity index (χ4v) is 2.09. The molecule has 2 aromatic rings. The van der Waals surface area contributed by atoms with E-state index < -0.39 is 11.2 Å². The molecule has 2 heterocycles. The van der Waals surface area contributed by atoms with Crippen LogP contribution >= 0.6 is 11.3 Å². The van der Waals surface area contributed by atoms with Crippen molar-refractivity contribution in [2.24, 2.45) is 14.1 Å². The van der Waals surface area contributed by atoms with E-state index in [2.05, 4.69) is 15.4 Å². The smallest absolute Gasteiger partial charge is 0.346 e. The number of thiazole rings is 1. The summed E-state index contributed by atoms with van der Waals surface area (Å²) < 4.78 is 2.14. The Balaban J connectivity index is 2.25. The van der Waals surface area contributed by atoms with Crippen LogP contribution in [0.25, 0.3) is 0 Å². The molecule has 7 nitrogen and oxygen atoms in total. The second-order valence-corrected chi connectivity index (χ2v) is 4.89. The Morgan fingerprint density at radius 3 is 2.72 bits per heavy atom. The van der Waals surface area contributed by atoms with Gasteiger partial charge in [-0.2, -0.15) is 0 Å². The van der Waals surface area contributed by atoms with Gasteiger partial charge in [-0.3, -0.25) is 9.36 Å². The summed E-state index contributed by atoms with van der Waals surface area (Å²) in [4.78, 5) is 27.5. The van der Waals surface area contributed by atoms with Crippen molar-refractivity contribution in [1.82, 2.24) is 19.3 Å². The van der Waals surface area contributed by atoms with Crippen molar-refractivity contribution < 1.29 is 0 Å². The summed E-state index contributed by atoms with van der Waals surface area (Å²) in [6.07, 6.45) is 0. The van der Waals surface area contributed by atoms with Crippen molar-refractivity contribution in [1.29, 1.82) is 0 Å². The number of anilines is 1. The molecular formula is C10H13N5O2S. The van der Waals surface area contributed by atoms with Gasteiger partial charge in [0.25, 0.3) is 5.56 Å². The minimum absolute atomic E-state index is 0.144. The molecular weight excluding hydrogens is 254 g/mol. The van der Waals surface area contributed by atoms with E-state index >= 15 is 0 Å². The largest absolute Gasteiger partial charge is 0.358 e. The number of aromatic nitrogens is 4. The molecule has 0 unspecified atom stereocenters. The summed E-state index contributed by atoms with van der Waals surface area (Å²) in [6.45, 7) is 2.32. The zero-order valence-corrected chi connectivity index (χ0v) is 11.1. The first-order valence-corrected chi connectivity index (χ1v) is 6.16. The average molecular weight is 267 g/mol. The molecule has 1 N–H and O–H groups in total. The van der Waals surface area contributed by atoms with Crippen LogP contribution in [0.5, 0.6) is 0 Å². The molecule has 0 saturated carbocycles. The van der Waals surface area contributed by atoms with Crippen LogP contribution in [0, 0.1) is 6.92 Å². The first kappa shape index (κ1) is 12.5.